The molecule has 4 nitrogen and oxygen atoms in total. The van der Waals surface area contributed by atoms with Crippen LogP contribution in [0.2, 0.25) is 0 Å². The van der Waals surface area contributed by atoms with Crippen LogP contribution in [0.3, 0.4) is 0 Å². The van der Waals surface area contributed by atoms with E-state index in [-0.39, 0.29) is 5.82 Å². The fourth-order valence-corrected chi connectivity index (χ4v) is 2.11. The first-order valence-corrected chi connectivity index (χ1v) is 6.14. The second-order valence-electron chi connectivity index (χ2n) is 4.66. The predicted molar refractivity (Wildman–Crippen MR) is 72.3 cm³/mol. The molecule has 5 heteroatoms. The predicted octanol–water partition coefficient (Wildman–Crippen LogP) is 2.25. The minimum absolute atomic E-state index is 0.338. The third kappa shape index (κ3) is 2.76. The van der Waals surface area contributed by atoms with E-state index in [0.717, 1.165) is 5.82 Å². The molecule has 2 rings (SSSR count). The van der Waals surface area contributed by atoms with Gasteiger partial charge < -0.3 is 14.6 Å². The number of nitrogens with zero attached hydrogens (tertiary/aromatic N) is 3. The molecule has 1 atom stereocenters. The highest BCUT2D eigenvalue weighted by Crippen LogP contribution is 2.29. The highest BCUT2D eigenvalue weighted by atomic mass is 19.1. The van der Waals surface area contributed by atoms with E-state index in [0.29, 0.717) is 17.8 Å². The van der Waals surface area contributed by atoms with Crippen molar-refractivity contribution in [2.45, 2.75) is 19.6 Å². The van der Waals surface area contributed by atoms with Crippen LogP contribution in [-0.4, -0.2) is 21.7 Å². The minimum atomic E-state index is -0.713. The third-order valence-corrected chi connectivity index (χ3v) is 3.15. The van der Waals surface area contributed by atoms with Gasteiger partial charge in [-0.2, -0.15) is 0 Å². The van der Waals surface area contributed by atoms with E-state index in [1.165, 1.54) is 6.07 Å². The molecule has 19 heavy (non-hydrogen) atoms. The maximum Gasteiger partial charge on any atom is 0.146 e. The van der Waals surface area contributed by atoms with Crippen LogP contribution >= 0.6 is 0 Å². The second-order valence-corrected chi connectivity index (χ2v) is 4.66. The van der Waals surface area contributed by atoms with Gasteiger partial charge in [-0.1, -0.05) is 12.1 Å². The van der Waals surface area contributed by atoms with Crippen LogP contribution in [0.25, 0.3) is 0 Å². The Labute approximate surface area is 112 Å². The van der Waals surface area contributed by atoms with Crippen LogP contribution in [-0.2, 0) is 13.6 Å². The summed E-state index contributed by atoms with van der Waals surface area (Å²) < 4.78 is 15.9. The fourth-order valence-electron chi connectivity index (χ4n) is 2.11. The van der Waals surface area contributed by atoms with Gasteiger partial charge in [0.25, 0.3) is 0 Å². The van der Waals surface area contributed by atoms with Gasteiger partial charge in [0.2, 0.25) is 0 Å². The van der Waals surface area contributed by atoms with E-state index in [1.807, 2.05) is 17.8 Å². The van der Waals surface area contributed by atoms with Crippen LogP contribution in [0, 0.1) is 5.82 Å². The van der Waals surface area contributed by atoms with Gasteiger partial charge in [0.1, 0.15) is 11.6 Å². The monoisotopic (exact) mass is 263 g/mol. The van der Waals surface area contributed by atoms with Crippen LogP contribution in [0.4, 0.5) is 10.1 Å². The molecule has 102 valence electrons. The van der Waals surface area contributed by atoms with Gasteiger partial charge in [0.05, 0.1) is 18.3 Å². The van der Waals surface area contributed by atoms with Crippen molar-refractivity contribution in [3.05, 3.63) is 47.8 Å². The molecule has 1 N–H and O–H groups in total. The molecule has 0 unspecified atom stereocenters. The molecule has 0 saturated carbocycles. The number of halogens is 1. The summed E-state index contributed by atoms with van der Waals surface area (Å²) in [5.74, 6) is 0.498. The fraction of sp³-hybridized carbons (Fsp3) is 0.357. The third-order valence-electron chi connectivity index (χ3n) is 3.15. The summed E-state index contributed by atoms with van der Waals surface area (Å²) in [5.41, 5.74) is 0.997. The van der Waals surface area contributed by atoms with Gasteiger partial charge in [-0.25, -0.2) is 9.37 Å². The summed E-state index contributed by atoms with van der Waals surface area (Å²) in [6, 6.07) is 4.74. The van der Waals surface area contributed by atoms with E-state index in [9.17, 15) is 9.50 Å². The number of aliphatic hydroxyl groups excluding tert-OH is 1. The van der Waals surface area contributed by atoms with Gasteiger partial charge in [-0.15, -0.1) is 0 Å². The SMILES string of the molecule is C[C@@H](O)c1cccc(F)c1N(C)Cc1nccn1C. The van der Waals surface area contributed by atoms with Crippen molar-refractivity contribution in [2.75, 3.05) is 11.9 Å². The van der Waals surface area contributed by atoms with Crippen LogP contribution in [0.1, 0.15) is 24.4 Å². The van der Waals surface area contributed by atoms with Gasteiger partial charge in [0, 0.05) is 32.1 Å². The number of imidazole rings is 1. The summed E-state index contributed by atoms with van der Waals surface area (Å²) in [6.45, 7) is 2.11. The Balaban J connectivity index is 2.33. The molecule has 0 amide bonds. The molecule has 0 saturated heterocycles. The Hall–Kier alpha value is -1.88. The van der Waals surface area contributed by atoms with E-state index >= 15 is 0 Å². The maximum atomic E-state index is 14.0. The number of hydrogen-bond acceptors (Lipinski definition) is 3. The summed E-state index contributed by atoms with van der Waals surface area (Å²) >= 11 is 0. The molecule has 1 heterocycles. The average molecular weight is 263 g/mol. The number of hydrogen-bond donors (Lipinski definition) is 1. The topological polar surface area (TPSA) is 41.3 Å². The van der Waals surface area contributed by atoms with Crippen LogP contribution < -0.4 is 4.90 Å². The van der Waals surface area contributed by atoms with Crippen molar-refractivity contribution in [2.24, 2.45) is 7.05 Å². The summed E-state index contributed by atoms with van der Waals surface area (Å²) in [5, 5.41) is 9.74. The molecule has 2 aromatic rings. The number of rotatable bonds is 4. The van der Waals surface area contributed by atoms with E-state index < -0.39 is 6.10 Å². The number of anilines is 1. The molecule has 1 aromatic heterocycles. The summed E-state index contributed by atoms with van der Waals surface area (Å²) in [6.07, 6.45) is 2.84. The Morgan fingerprint density at radius 3 is 2.79 bits per heavy atom. The molecule has 0 aliphatic rings. The number of para-hydroxylation sites is 1. The summed E-state index contributed by atoms with van der Waals surface area (Å²) in [4.78, 5) is 5.99. The standard InChI is InChI=1S/C14H18FN3O/c1-10(19)11-5-4-6-12(15)14(11)18(3)9-13-16-7-8-17(13)2/h4-8,10,19H,9H2,1-3H3/t10-/m1/s1. The van der Waals surface area contributed by atoms with E-state index in [1.54, 1.807) is 37.2 Å². The lowest BCUT2D eigenvalue weighted by molar-refractivity contribution is 0.199. The average Bonchev–Trinajstić information content (AvgIpc) is 2.74. The zero-order chi connectivity index (χ0) is 14.0. The first kappa shape index (κ1) is 13.5. The van der Waals surface area contributed by atoms with Crippen LogP contribution in [0.15, 0.2) is 30.6 Å². The first-order chi connectivity index (χ1) is 9.00. The van der Waals surface area contributed by atoms with Gasteiger partial charge in [-0.05, 0) is 13.0 Å². The number of aryl methyl sites for hydroxylation is 1. The van der Waals surface area contributed by atoms with Gasteiger partial charge >= 0.3 is 0 Å². The van der Waals surface area contributed by atoms with Crippen molar-refractivity contribution in [1.82, 2.24) is 9.55 Å². The number of aliphatic hydroxyl groups is 1. The smallest absolute Gasteiger partial charge is 0.146 e. The lowest BCUT2D eigenvalue weighted by Gasteiger charge is -2.23. The molecular weight excluding hydrogens is 245 g/mol. The molecule has 0 fully saturated rings. The number of aromatic nitrogens is 2. The second kappa shape index (κ2) is 5.40. The molecule has 1 aromatic carbocycles. The van der Waals surface area contributed by atoms with Gasteiger partial charge in [-0.3, -0.25) is 0 Å². The first-order valence-electron chi connectivity index (χ1n) is 6.14. The minimum Gasteiger partial charge on any atom is -0.389 e. The number of benzene rings is 1. The van der Waals surface area contributed by atoms with Crippen molar-refractivity contribution >= 4 is 5.69 Å². The molecular formula is C14H18FN3O. The van der Waals surface area contributed by atoms with Crippen molar-refractivity contribution < 1.29 is 9.50 Å². The molecule has 0 spiro atoms. The van der Waals surface area contributed by atoms with Crippen molar-refractivity contribution in [1.29, 1.82) is 0 Å². The zero-order valence-corrected chi connectivity index (χ0v) is 11.3. The normalized spacial score (nSPS) is 12.5. The van der Waals surface area contributed by atoms with E-state index in [2.05, 4.69) is 4.98 Å². The molecule has 0 aliphatic carbocycles. The molecule has 0 aliphatic heterocycles. The maximum absolute atomic E-state index is 14.0. The molecule has 0 bridgehead atoms. The largest absolute Gasteiger partial charge is 0.389 e. The zero-order valence-electron chi connectivity index (χ0n) is 11.3. The lowest BCUT2D eigenvalue weighted by atomic mass is 10.1. The van der Waals surface area contributed by atoms with Crippen molar-refractivity contribution in [3.63, 3.8) is 0 Å². The Morgan fingerprint density at radius 1 is 1.47 bits per heavy atom. The highest BCUT2D eigenvalue weighted by Gasteiger charge is 2.17. The highest BCUT2D eigenvalue weighted by molar-refractivity contribution is 5.55. The summed E-state index contributed by atoms with van der Waals surface area (Å²) in [7, 11) is 3.69. The Bertz CT molecular complexity index is 566. The van der Waals surface area contributed by atoms with E-state index in [4.69, 9.17) is 0 Å². The van der Waals surface area contributed by atoms with Crippen molar-refractivity contribution in [3.8, 4) is 0 Å². The quantitative estimate of drug-likeness (QED) is 0.920. The van der Waals surface area contributed by atoms with Crippen LogP contribution in [0.5, 0.6) is 0 Å². The van der Waals surface area contributed by atoms with Gasteiger partial charge in [0.15, 0.2) is 0 Å². The Kier molecular flexibility index (Phi) is 3.85. The molecule has 0 radical (unpaired) electrons. The Morgan fingerprint density at radius 2 is 2.21 bits per heavy atom. The lowest BCUT2D eigenvalue weighted by Crippen LogP contribution is -2.22.